The highest BCUT2D eigenvalue weighted by Gasteiger charge is 2.34. The molecule has 0 fully saturated rings. The Hall–Kier alpha value is -0.820. The van der Waals surface area contributed by atoms with Gasteiger partial charge in [-0.05, 0) is 36.0 Å². The van der Waals surface area contributed by atoms with Crippen LogP contribution in [0.4, 0.5) is 19.0 Å². The summed E-state index contributed by atoms with van der Waals surface area (Å²) in [6, 6.07) is 1.07. The van der Waals surface area contributed by atoms with E-state index in [4.69, 9.17) is 0 Å². The van der Waals surface area contributed by atoms with E-state index in [1.165, 1.54) is 6.20 Å². The summed E-state index contributed by atoms with van der Waals surface area (Å²) in [5.74, 6) is -0.150. The van der Waals surface area contributed by atoms with Crippen LogP contribution in [0.1, 0.15) is 12.5 Å². The Kier molecular flexibility index (Phi) is 4.76. The first-order chi connectivity index (χ1) is 7.84. The van der Waals surface area contributed by atoms with Crippen LogP contribution in [0.3, 0.4) is 0 Å². The van der Waals surface area contributed by atoms with Crippen LogP contribution in [0.25, 0.3) is 0 Å². The van der Waals surface area contributed by atoms with Crippen LogP contribution in [0.5, 0.6) is 0 Å². The lowest BCUT2D eigenvalue weighted by Crippen LogP contribution is -2.30. The Balaban J connectivity index is 2.91. The molecule has 0 spiro atoms. The molecule has 0 saturated carbocycles. The molecular weight excluding hydrogens is 299 g/mol. The molecule has 3 nitrogen and oxygen atoms in total. The second kappa shape index (κ2) is 5.68. The first kappa shape index (κ1) is 14.2. The van der Waals surface area contributed by atoms with Crippen LogP contribution < -0.4 is 10.6 Å². The van der Waals surface area contributed by atoms with Gasteiger partial charge in [-0.1, -0.05) is 0 Å². The molecule has 0 saturated heterocycles. The number of nitrogens with zero attached hydrogens (tertiary/aromatic N) is 1. The Labute approximate surface area is 106 Å². The molecule has 1 aromatic rings. The fourth-order valence-corrected chi connectivity index (χ4v) is 1.48. The maximum atomic E-state index is 12.7. The SMILES string of the molecule is CNC(C)CNc1ncc(Br)cc1C(F)(F)F. The van der Waals surface area contributed by atoms with Gasteiger partial charge in [0.05, 0.1) is 5.56 Å². The van der Waals surface area contributed by atoms with Crippen molar-refractivity contribution in [3.8, 4) is 0 Å². The Bertz CT molecular complexity index is 382. The van der Waals surface area contributed by atoms with Crippen molar-refractivity contribution in [2.45, 2.75) is 19.1 Å². The number of aromatic nitrogens is 1. The molecule has 7 heteroatoms. The van der Waals surface area contributed by atoms with Crippen molar-refractivity contribution in [1.29, 1.82) is 0 Å². The van der Waals surface area contributed by atoms with Crippen LogP contribution in [0, 0.1) is 0 Å². The lowest BCUT2D eigenvalue weighted by molar-refractivity contribution is -0.137. The maximum Gasteiger partial charge on any atom is 0.419 e. The molecule has 1 aromatic heterocycles. The first-order valence-corrected chi connectivity index (χ1v) is 5.77. The lowest BCUT2D eigenvalue weighted by Gasteiger charge is -2.16. The highest BCUT2D eigenvalue weighted by molar-refractivity contribution is 9.10. The summed E-state index contributed by atoms with van der Waals surface area (Å²) in [6.45, 7) is 2.23. The smallest absolute Gasteiger partial charge is 0.368 e. The van der Waals surface area contributed by atoms with Gasteiger partial charge in [-0.3, -0.25) is 0 Å². The van der Waals surface area contributed by atoms with Crippen molar-refractivity contribution in [3.05, 3.63) is 22.3 Å². The largest absolute Gasteiger partial charge is 0.419 e. The quantitative estimate of drug-likeness (QED) is 0.898. The van der Waals surface area contributed by atoms with Gasteiger partial charge in [-0.2, -0.15) is 13.2 Å². The molecule has 1 heterocycles. The minimum absolute atomic E-state index is 0.0570. The van der Waals surface area contributed by atoms with E-state index in [1.54, 1.807) is 7.05 Å². The standard InChI is InChI=1S/C10H13BrF3N3/c1-6(15-2)4-16-9-8(10(12,13)14)3-7(11)5-17-9/h3,5-6,15H,4H2,1-2H3,(H,16,17). The van der Waals surface area contributed by atoms with Crippen LogP contribution in [0.2, 0.25) is 0 Å². The van der Waals surface area contributed by atoms with Gasteiger partial charge in [0, 0.05) is 23.3 Å². The normalized spacial score (nSPS) is 13.5. The van der Waals surface area contributed by atoms with Gasteiger partial charge in [0.25, 0.3) is 0 Å². The summed E-state index contributed by atoms with van der Waals surface area (Å²) in [4.78, 5) is 3.75. The number of nitrogens with one attached hydrogen (secondary N) is 2. The van der Waals surface area contributed by atoms with Crippen LogP contribution in [-0.2, 0) is 6.18 Å². The zero-order valence-corrected chi connectivity index (χ0v) is 11.0. The number of rotatable bonds is 4. The van der Waals surface area contributed by atoms with Crippen LogP contribution in [-0.4, -0.2) is 24.6 Å². The highest BCUT2D eigenvalue weighted by Crippen LogP contribution is 2.35. The molecule has 0 aliphatic carbocycles. The number of halogens is 4. The van der Waals surface area contributed by atoms with E-state index in [2.05, 4.69) is 31.5 Å². The van der Waals surface area contributed by atoms with Crippen LogP contribution in [0.15, 0.2) is 16.7 Å². The number of pyridine rings is 1. The summed E-state index contributed by atoms with van der Waals surface area (Å²) in [5.41, 5.74) is -0.768. The third kappa shape index (κ3) is 4.16. The number of hydrogen-bond donors (Lipinski definition) is 2. The molecular formula is C10H13BrF3N3. The first-order valence-electron chi connectivity index (χ1n) is 4.98. The molecule has 0 amide bonds. The molecule has 1 rings (SSSR count). The Morgan fingerprint density at radius 3 is 2.65 bits per heavy atom. The monoisotopic (exact) mass is 311 g/mol. The molecule has 0 radical (unpaired) electrons. The summed E-state index contributed by atoms with van der Waals surface area (Å²) in [5, 5.41) is 5.61. The number of alkyl halides is 3. The van der Waals surface area contributed by atoms with E-state index in [1.807, 2.05) is 6.92 Å². The van der Waals surface area contributed by atoms with Gasteiger partial charge in [0.2, 0.25) is 0 Å². The van der Waals surface area contributed by atoms with E-state index in [0.29, 0.717) is 11.0 Å². The number of hydrogen-bond acceptors (Lipinski definition) is 3. The third-order valence-corrected chi connectivity index (χ3v) is 2.66. The van der Waals surface area contributed by atoms with Gasteiger partial charge >= 0.3 is 6.18 Å². The van der Waals surface area contributed by atoms with Crippen molar-refractivity contribution in [2.75, 3.05) is 18.9 Å². The van der Waals surface area contributed by atoms with Crippen molar-refractivity contribution in [1.82, 2.24) is 10.3 Å². The van der Waals surface area contributed by atoms with Crippen molar-refractivity contribution < 1.29 is 13.2 Å². The van der Waals surface area contributed by atoms with Gasteiger partial charge in [-0.15, -0.1) is 0 Å². The van der Waals surface area contributed by atoms with Crippen molar-refractivity contribution in [3.63, 3.8) is 0 Å². The fourth-order valence-electron chi connectivity index (χ4n) is 1.15. The maximum absolute atomic E-state index is 12.7. The zero-order valence-electron chi connectivity index (χ0n) is 9.40. The molecule has 1 atom stereocenters. The lowest BCUT2D eigenvalue weighted by atomic mass is 10.2. The molecule has 2 N–H and O–H groups in total. The molecule has 0 aliphatic rings. The van der Waals surface area contributed by atoms with E-state index in [9.17, 15) is 13.2 Å². The molecule has 0 bridgehead atoms. The molecule has 1 unspecified atom stereocenters. The van der Waals surface area contributed by atoms with E-state index < -0.39 is 11.7 Å². The second-order valence-corrected chi connectivity index (χ2v) is 4.53. The van der Waals surface area contributed by atoms with Crippen molar-refractivity contribution >= 4 is 21.7 Å². The van der Waals surface area contributed by atoms with Crippen LogP contribution >= 0.6 is 15.9 Å². The summed E-state index contributed by atoms with van der Waals surface area (Å²) in [7, 11) is 1.74. The fraction of sp³-hybridized carbons (Fsp3) is 0.500. The third-order valence-electron chi connectivity index (χ3n) is 2.23. The minimum Gasteiger partial charge on any atom is -0.368 e. The molecule has 96 valence electrons. The molecule has 0 aromatic carbocycles. The van der Waals surface area contributed by atoms with E-state index in [0.717, 1.165) is 6.07 Å². The average Bonchev–Trinajstić information content (AvgIpc) is 2.25. The Morgan fingerprint density at radius 2 is 2.12 bits per heavy atom. The second-order valence-electron chi connectivity index (χ2n) is 3.62. The van der Waals surface area contributed by atoms with E-state index >= 15 is 0 Å². The summed E-state index contributed by atoms with van der Waals surface area (Å²) < 4.78 is 38.5. The number of anilines is 1. The minimum atomic E-state index is -4.41. The van der Waals surface area contributed by atoms with Gasteiger partial charge in [0.15, 0.2) is 0 Å². The molecule has 0 aliphatic heterocycles. The highest BCUT2D eigenvalue weighted by atomic mass is 79.9. The number of likely N-dealkylation sites (N-methyl/N-ethyl adjacent to an activating group) is 1. The summed E-state index contributed by atoms with van der Waals surface area (Å²) >= 11 is 2.98. The topological polar surface area (TPSA) is 37.0 Å². The summed E-state index contributed by atoms with van der Waals surface area (Å²) in [6.07, 6.45) is -3.08. The average molecular weight is 312 g/mol. The predicted octanol–water partition coefficient (Wildman–Crippen LogP) is 2.88. The Morgan fingerprint density at radius 1 is 1.47 bits per heavy atom. The zero-order chi connectivity index (χ0) is 13.1. The van der Waals surface area contributed by atoms with Gasteiger partial charge in [-0.25, -0.2) is 4.98 Å². The van der Waals surface area contributed by atoms with E-state index in [-0.39, 0.29) is 11.9 Å². The van der Waals surface area contributed by atoms with Gasteiger partial charge < -0.3 is 10.6 Å². The van der Waals surface area contributed by atoms with Gasteiger partial charge in [0.1, 0.15) is 5.82 Å². The van der Waals surface area contributed by atoms with Crippen molar-refractivity contribution in [2.24, 2.45) is 0 Å². The predicted molar refractivity (Wildman–Crippen MR) is 64.0 cm³/mol. The molecule has 17 heavy (non-hydrogen) atoms.